The first-order valence-electron chi connectivity index (χ1n) is 16.7. The highest BCUT2D eigenvalue weighted by Crippen LogP contribution is 2.47. The van der Waals surface area contributed by atoms with E-state index in [-0.39, 0.29) is 23.2 Å². The summed E-state index contributed by atoms with van der Waals surface area (Å²) in [7, 11) is 0. The molecule has 1 unspecified atom stereocenters. The van der Waals surface area contributed by atoms with Crippen molar-refractivity contribution in [1.29, 1.82) is 0 Å². The average molecular weight is 586 g/mol. The van der Waals surface area contributed by atoms with Gasteiger partial charge in [-0.15, -0.1) is 6.42 Å². The van der Waals surface area contributed by atoms with Crippen LogP contribution in [0.4, 0.5) is 10.1 Å². The van der Waals surface area contributed by atoms with Gasteiger partial charge in [-0.3, -0.25) is 5.01 Å². The maximum atomic E-state index is 14.8. The molecule has 7 nitrogen and oxygen atoms in total. The number of phenols is 1. The molecule has 8 heteroatoms. The minimum absolute atomic E-state index is 0.00313. The summed E-state index contributed by atoms with van der Waals surface area (Å²) in [4.78, 5) is 12.0. The van der Waals surface area contributed by atoms with E-state index in [1.807, 2.05) is 6.20 Å². The number of terminal acetylenes is 1. The van der Waals surface area contributed by atoms with Crippen LogP contribution in [0.2, 0.25) is 0 Å². The van der Waals surface area contributed by atoms with Crippen molar-refractivity contribution in [3.8, 4) is 24.1 Å². The summed E-state index contributed by atoms with van der Waals surface area (Å²) in [5.41, 5.74) is 4.04. The fourth-order valence-corrected chi connectivity index (χ4v) is 6.39. The molecule has 1 aliphatic carbocycles. The molecule has 3 aliphatic rings. The molecule has 0 amide bonds. The van der Waals surface area contributed by atoms with Crippen molar-refractivity contribution in [3.05, 3.63) is 51.9 Å². The van der Waals surface area contributed by atoms with E-state index in [1.54, 1.807) is 23.3 Å². The van der Waals surface area contributed by atoms with Crippen LogP contribution in [0, 0.1) is 23.6 Å². The lowest BCUT2D eigenvalue weighted by Crippen LogP contribution is -2.46. The fourth-order valence-electron chi connectivity index (χ4n) is 6.39. The molecule has 3 aromatic rings. The number of anilines is 1. The second-order valence-electron chi connectivity index (χ2n) is 12.2. The Bertz CT molecular complexity index is 1750. The molecular weight excluding hydrogens is 541 g/mol. The number of benzene rings is 2. The molecule has 0 radical (unpaired) electrons. The number of unbranched alkanes of at least 4 members (excludes halogenated alkanes) is 2. The zero-order valence-electron chi connectivity index (χ0n) is 27.1. The number of aromatic nitrogens is 2. The minimum atomic E-state index is -1.94. The molecule has 1 saturated carbocycles. The van der Waals surface area contributed by atoms with Gasteiger partial charge in [0.25, 0.3) is 0 Å². The number of hydrazine groups is 1. The highest BCUT2D eigenvalue weighted by molar-refractivity contribution is 6.01. The summed E-state index contributed by atoms with van der Waals surface area (Å²) in [5.74, 6) is 2.07. The van der Waals surface area contributed by atoms with Crippen LogP contribution in [0.25, 0.3) is 23.2 Å². The van der Waals surface area contributed by atoms with Crippen molar-refractivity contribution in [2.24, 2.45) is 5.41 Å². The molecule has 43 heavy (non-hydrogen) atoms. The lowest BCUT2D eigenvalue weighted by Gasteiger charge is -2.26. The molecule has 3 heterocycles. The van der Waals surface area contributed by atoms with E-state index in [1.165, 1.54) is 12.1 Å². The first-order valence-corrected chi connectivity index (χ1v) is 15.7. The summed E-state index contributed by atoms with van der Waals surface area (Å²) < 4.78 is 39.1. The predicted molar refractivity (Wildman–Crippen MR) is 169 cm³/mol. The van der Waals surface area contributed by atoms with Crippen LogP contribution in [0.15, 0.2) is 24.3 Å². The Labute approximate surface area is 256 Å². The van der Waals surface area contributed by atoms with Crippen molar-refractivity contribution < 1.29 is 17.0 Å². The van der Waals surface area contributed by atoms with Crippen molar-refractivity contribution in [2.75, 3.05) is 31.2 Å². The first-order chi connectivity index (χ1) is 21.7. The number of nitrogens with one attached hydrogen (secondary N) is 1. The third-order valence-electron chi connectivity index (χ3n) is 8.99. The Morgan fingerprint density at radius 1 is 1.21 bits per heavy atom. The van der Waals surface area contributed by atoms with E-state index in [4.69, 9.17) is 23.9 Å². The third-order valence-corrected chi connectivity index (χ3v) is 8.99. The maximum Gasteiger partial charge on any atom is 0.317 e. The molecule has 226 valence electrons. The normalized spacial score (nSPS) is 18.9. The van der Waals surface area contributed by atoms with E-state index >= 15 is 0 Å². The van der Waals surface area contributed by atoms with Crippen LogP contribution in [-0.2, 0) is 0 Å². The van der Waals surface area contributed by atoms with E-state index < -0.39 is 17.8 Å². The Morgan fingerprint density at radius 3 is 2.74 bits per heavy atom. The fraction of sp³-hybridized carbons (Fsp3) is 0.486. The van der Waals surface area contributed by atoms with E-state index in [0.29, 0.717) is 28.4 Å². The van der Waals surface area contributed by atoms with Gasteiger partial charge in [0.15, 0.2) is 0 Å². The van der Waals surface area contributed by atoms with Gasteiger partial charge in [-0.2, -0.15) is 9.97 Å². The van der Waals surface area contributed by atoms with Gasteiger partial charge in [0.05, 0.1) is 37.8 Å². The number of hydrogen-bond acceptors (Lipinski definition) is 7. The lowest BCUT2D eigenvalue weighted by atomic mass is 9.93. The SMILES string of the molecule is [2H]C([2H])(Oc1nc(C(CC)CCCCC)c2c(n1)=CN(c1cc(O)cc3ccc(F)c(C#C)c13)NC=2)C1(CN2CCCC2)CC1. The van der Waals surface area contributed by atoms with Gasteiger partial charge in [0.1, 0.15) is 11.6 Å². The van der Waals surface area contributed by atoms with Crippen LogP contribution < -0.4 is 25.7 Å². The van der Waals surface area contributed by atoms with Gasteiger partial charge in [0, 0.05) is 40.7 Å². The Kier molecular flexibility index (Phi) is 7.73. The standard InChI is InChI=1S/C35H42FN5O2/c1-4-7-8-11-24(5-2)33-28-20-37-41(31-19-26(42)18-25-12-13-29(36)27(6-3)32(25)31)21-30(28)38-34(39-33)43-23-35(14-15-35)22-40-16-9-10-17-40/h3,12-13,18-21,24,37,42H,4-5,7-11,14-17,22-23H2,1-2H3/i23D2. The predicted octanol–water partition coefficient (Wildman–Crippen LogP) is 5.29. The van der Waals surface area contributed by atoms with E-state index in [0.717, 1.165) is 81.8 Å². The molecule has 2 fully saturated rings. The van der Waals surface area contributed by atoms with Crippen LogP contribution >= 0.6 is 0 Å². The lowest BCUT2D eigenvalue weighted by molar-refractivity contribution is 0.169. The monoisotopic (exact) mass is 585 g/mol. The Hall–Kier alpha value is -3.83. The van der Waals surface area contributed by atoms with Gasteiger partial charge in [0.2, 0.25) is 0 Å². The number of nitrogens with zero attached hydrogens (tertiary/aromatic N) is 4. The van der Waals surface area contributed by atoms with Crippen molar-refractivity contribution in [2.45, 2.75) is 77.6 Å². The topological polar surface area (TPSA) is 73.8 Å². The van der Waals surface area contributed by atoms with Crippen molar-refractivity contribution in [1.82, 2.24) is 20.3 Å². The van der Waals surface area contributed by atoms with Crippen LogP contribution in [0.5, 0.6) is 11.8 Å². The van der Waals surface area contributed by atoms with Crippen LogP contribution in [0.3, 0.4) is 0 Å². The molecule has 1 aromatic heterocycles. The van der Waals surface area contributed by atoms with Gasteiger partial charge < -0.3 is 20.2 Å². The number of halogens is 1. The Balaban J connectivity index is 1.44. The highest BCUT2D eigenvalue weighted by Gasteiger charge is 2.45. The molecule has 2 aromatic carbocycles. The number of phenolic OH excluding ortho intramolecular Hbond substituents is 1. The summed E-state index contributed by atoms with van der Waals surface area (Å²) >= 11 is 0. The number of fused-ring (bicyclic) bond motifs is 2. The smallest absolute Gasteiger partial charge is 0.317 e. The summed E-state index contributed by atoms with van der Waals surface area (Å²) in [6.07, 6.45) is 18.2. The number of rotatable bonds is 12. The third kappa shape index (κ3) is 6.14. The molecule has 0 bridgehead atoms. The van der Waals surface area contributed by atoms with E-state index in [9.17, 15) is 9.50 Å². The molecular formula is C35H42FN5O2. The molecule has 1 atom stereocenters. The van der Waals surface area contributed by atoms with E-state index in [2.05, 4.69) is 30.1 Å². The second-order valence-corrected chi connectivity index (χ2v) is 12.2. The second kappa shape index (κ2) is 12.4. The first kappa shape index (κ1) is 26.8. The Morgan fingerprint density at radius 2 is 2.02 bits per heavy atom. The van der Waals surface area contributed by atoms with Gasteiger partial charge in [-0.25, -0.2) is 4.39 Å². The van der Waals surface area contributed by atoms with Crippen molar-refractivity contribution >= 4 is 28.9 Å². The largest absolute Gasteiger partial charge is 0.508 e. The summed E-state index contributed by atoms with van der Waals surface area (Å²) in [5, 5.41) is 14.6. The average Bonchev–Trinajstić information content (AvgIpc) is 3.64. The molecule has 6 rings (SSSR count). The minimum Gasteiger partial charge on any atom is -0.508 e. The van der Waals surface area contributed by atoms with Crippen LogP contribution in [0.1, 0.15) is 91.6 Å². The maximum absolute atomic E-state index is 14.8. The van der Waals surface area contributed by atoms with Gasteiger partial charge in [-0.05, 0) is 69.1 Å². The summed E-state index contributed by atoms with van der Waals surface area (Å²) in [6.45, 7) is 5.04. The summed E-state index contributed by atoms with van der Waals surface area (Å²) in [6, 6.07) is 5.97. The molecule has 1 saturated heterocycles. The number of likely N-dealkylation sites (tertiary alicyclic amines) is 1. The number of aromatic hydroxyl groups is 1. The highest BCUT2D eigenvalue weighted by atomic mass is 19.1. The molecule has 2 N–H and O–H groups in total. The zero-order valence-corrected chi connectivity index (χ0v) is 25.1. The van der Waals surface area contributed by atoms with Gasteiger partial charge in [-0.1, -0.05) is 45.1 Å². The number of ether oxygens (including phenoxy) is 1. The van der Waals surface area contributed by atoms with Gasteiger partial charge >= 0.3 is 6.01 Å². The van der Waals surface area contributed by atoms with Crippen molar-refractivity contribution in [3.63, 3.8) is 0 Å². The zero-order chi connectivity index (χ0) is 31.8. The molecule has 2 aliphatic heterocycles. The molecule has 0 spiro atoms. The number of hydrogen-bond donors (Lipinski definition) is 2. The quantitative estimate of drug-likeness (QED) is 0.221. The van der Waals surface area contributed by atoms with Crippen LogP contribution in [-0.4, -0.2) is 46.2 Å².